The van der Waals surface area contributed by atoms with E-state index < -0.39 is 54.4 Å². The summed E-state index contributed by atoms with van der Waals surface area (Å²) in [5, 5.41) is 21.9. The Balaban J connectivity index is 1.50. The highest BCUT2D eigenvalue weighted by Crippen LogP contribution is 2.26. The summed E-state index contributed by atoms with van der Waals surface area (Å²) >= 11 is 0. The van der Waals surface area contributed by atoms with Gasteiger partial charge in [0, 0.05) is 50.6 Å². The van der Waals surface area contributed by atoms with Crippen molar-refractivity contribution in [1.82, 2.24) is 25.0 Å². The van der Waals surface area contributed by atoms with Crippen LogP contribution in [0, 0.1) is 0 Å². The van der Waals surface area contributed by atoms with E-state index in [0.29, 0.717) is 36.7 Å². The third kappa shape index (κ3) is 8.37. The molecule has 4 rings (SSSR count). The number of nitrogens with one attached hydrogen (secondary N) is 1. The van der Waals surface area contributed by atoms with Crippen molar-refractivity contribution in [3.05, 3.63) is 36.0 Å². The van der Waals surface area contributed by atoms with Crippen molar-refractivity contribution in [2.45, 2.75) is 51.1 Å². The maximum Gasteiger partial charge on any atom is 0.409 e. The Morgan fingerprint density at radius 2 is 1.71 bits per heavy atom. The number of rotatable bonds is 11. The van der Waals surface area contributed by atoms with E-state index in [9.17, 15) is 39.0 Å². The van der Waals surface area contributed by atoms with E-state index in [1.54, 1.807) is 31.2 Å². The first-order valence-corrected chi connectivity index (χ1v) is 14.9. The van der Waals surface area contributed by atoms with Gasteiger partial charge in [-0.3, -0.25) is 19.2 Å². The number of piperidine rings is 1. The van der Waals surface area contributed by atoms with E-state index in [4.69, 9.17) is 9.47 Å². The number of carboxylic acids is 2. The largest absolute Gasteiger partial charge is 0.483 e. The van der Waals surface area contributed by atoms with Crippen LogP contribution in [0.4, 0.5) is 4.79 Å². The SMILES string of the molecule is CCOC(=O)N1CCN(C(=O)[C@H](CCC(=O)O)NC(=O)c2cc(OCC(=O)N3CCCC[C@H]3C(=O)O)c3ccccc3n2)CC1. The summed E-state index contributed by atoms with van der Waals surface area (Å²) in [7, 11) is 0. The highest BCUT2D eigenvalue weighted by Gasteiger charge is 2.33. The maximum absolute atomic E-state index is 13.4. The highest BCUT2D eigenvalue weighted by molar-refractivity contribution is 5.99. The molecule has 0 bridgehead atoms. The molecular weight excluding hydrogens is 590 g/mol. The minimum absolute atomic E-state index is 0.127. The van der Waals surface area contributed by atoms with Gasteiger partial charge in [0.2, 0.25) is 5.91 Å². The predicted molar refractivity (Wildman–Crippen MR) is 158 cm³/mol. The van der Waals surface area contributed by atoms with Crippen LogP contribution in [0.15, 0.2) is 30.3 Å². The first kappa shape index (κ1) is 33.0. The van der Waals surface area contributed by atoms with Gasteiger partial charge in [-0.15, -0.1) is 0 Å². The summed E-state index contributed by atoms with van der Waals surface area (Å²) in [5.74, 6) is -3.82. The van der Waals surface area contributed by atoms with Gasteiger partial charge in [0.15, 0.2) is 6.61 Å². The summed E-state index contributed by atoms with van der Waals surface area (Å²) in [6, 6.07) is 5.97. The molecule has 2 aliphatic rings. The molecule has 15 heteroatoms. The number of fused-ring (bicyclic) bond motifs is 1. The van der Waals surface area contributed by atoms with E-state index in [1.165, 1.54) is 20.8 Å². The number of benzene rings is 1. The first-order valence-electron chi connectivity index (χ1n) is 14.9. The number of para-hydroxylation sites is 1. The number of hydrogen-bond acceptors (Lipinski definition) is 9. The van der Waals surface area contributed by atoms with Gasteiger partial charge < -0.3 is 39.7 Å². The lowest BCUT2D eigenvalue weighted by atomic mass is 10.0. The second kappa shape index (κ2) is 15.2. The van der Waals surface area contributed by atoms with Gasteiger partial charge in [-0.05, 0) is 44.7 Å². The molecule has 242 valence electrons. The molecule has 15 nitrogen and oxygen atoms in total. The number of hydrogen-bond donors (Lipinski definition) is 3. The molecule has 1 aromatic heterocycles. The minimum Gasteiger partial charge on any atom is -0.483 e. The van der Waals surface area contributed by atoms with Crippen molar-refractivity contribution in [2.24, 2.45) is 0 Å². The molecule has 0 radical (unpaired) electrons. The molecule has 2 atom stereocenters. The first-order chi connectivity index (χ1) is 21.6. The van der Waals surface area contributed by atoms with Gasteiger partial charge >= 0.3 is 18.0 Å². The highest BCUT2D eigenvalue weighted by atomic mass is 16.6. The van der Waals surface area contributed by atoms with Crippen LogP contribution in [-0.2, 0) is 23.9 Å². The Kier molecular flexibility index (Phi) is 11.1. The lowest BCUT2D eigenvalue weighted by Crippen LogP contribution is -2.56. The molecule has 2 aliphatic heterocycles. The average Bonchev–Trinajstić information content (AvgIpc) is 3.04. The number of aromatic nitrogens is 1. The van der Waals surface area contributed by atoms with E-state index in [0.717, 1.165) is 0 Å². The number of pyridine rings is 1. The lowest BCUT2D eigenvalue weighted by Gasteiger charge is -2.35. The second-order valence-electron chi connectivity index (χ2n) is 10.7. The van der Waals surface area contributed by atoms with Crippen LogP contribution in [0.2, 0.25) is 0 Å². The van der Waals surface area contributed by atoms with Crippen molar-refractivity contribution >= 4 is 46.7 Å². The number of carboxylic acid groups (broad SMARTS) is 2. The number of aliphatic carboxylic acids is 2. The van der Waals surface area contributed by atoms with Crippen LogP contribution in [0.3, 0.4) is 0 Å². The Hall–Kier alpha value is -4.95. The van der Waals surface area contributed by atoms with Crippen LogP contribution in [-0.4, -0.2) is 124 Å². The molecule has 3 N–H and O–H groups in total. The van der Waals surface area contributed by atoms with Gasteiger partial charge in [-0.2, -0.15) is 0 Å². The van der Waals surface area contributed by atoms with Gasteiger partial charge in [0.1, 0.15) is 23.5 Å². The Morgan fingerprint density at radius 1 is 1.00 bits per heavy atom. The van der Waals surface area contributed by atoms with Crippen molar-refractivity contribution in [3.8, 4) is 5.75 Å². The number of carbonyl (C=O) groups excluding carboxylic acids is 4. The molecule has 1 aromatic carbocycles. The number of ether oxygens (including phenoxy) is 2. The molecular formula is C30H37N5O10. The third-order valence-corrected chi connectivity index (χ3v) is 7.74. The van der Waals surface area contributed by atoms with Crippen molar-refractivity contribution in [3.63, 3.8) is 0 Å². The normalized spacial score (nSPS) is 17.4. The molecule has 0 spiro atoms. The number of carbonyl (C=O) groups is 6. The van der Waals surface area contributed by atoms with Crippen molar-refractivity contribution in [1.29, 1.82) is 0 Å². The van der Waals surface area contributed by atoms with Gasteiger partial charge in [-0.25, -0.2) is 14.6 Å². The minimum atomic E-state index is -1.19. The molecule has 3 heterocycles. The number of piperazine rings is 1. The summed E-state index contributed by atoms with van der Waals surface area (Å²) in [6.07, 6.45) is 0.696. The van der Waals surface area contributed by atoms with Crippen molar-refractivity contribution < 1.29 is 48.5 Å². The van der Waals surface area contributed by atoms with Crippen LogP contribution >= 0.6 is 0 Å². The smallest absolute Gasteiger partial charge is 0.409 e. The molecule has 0 saturated carbocycles. The fourth-order valence-electron chi connectivity index (χ4n) is 5.39. The van der Waals surface area contributed by atoms with E-state index in [2.05, 4.69) is 10.3 Å². The summed E-state index contributed by atoms with van der Waals surface area (Å²) in [6.45, 7) is 2.55. The average molecular weight is 628 g/mol. The summed E-state index contributed by atoms with van der Waals surface area (Å²) < 4.78 is 10.8. The van der Waals surface area contributed by atoms with Crippen LogP contribution in [0.5, 0.6) is 5.75 Å². The maximum atomic E-state index is 13.4. The molecule has 2 fully saturated rings. The van der Waals surface area contributed by atoms with E-state index >= 15 is 0 Å². The van der Waals surface area contributed by atoms with Gasteiger partial charge in [0.25, 0.3) is 11.8 Å². The van der Waals surface area contributed by atoms with Crippen LogP contribution < -0.4 is 10.1 Å². The Labute approximate surface area is 259 Å². The summed E-state index contributed by atoms with van der Waals surface area (Å²) in [5.41, 5.74) is 0.246. The van der Waals surface area contributed by atoms with Crippen molar-refractivity contribution in [2.75, 3.05) is 45.9 Å². The Morgan fingerprint density at radius 3 is 2.40 bits per heavy atom. The predicted octanol–water partition coefficient (Wildman–Crippen LogP) is 1.34. The molecule has 0 unspecified atom stereocenters. The number of nitrogens with zero attached hydrogens (tertiary/aromatic N) is 4. The third-order valence-electron chi connectivity index (χ3n) is 7.74. The fourth-order valence-corrected chi connectivity index (χ4v) is 5.39. The van der Waals surface area contributed by atoms with E-state index in [-0.39, 0.29) is 57.1 Å². The summed E-state index contributed by atoms with van der Waals surface area (Å²) in [4.78, 5) is 83.4. The second-order valence-corrected chi connectivity index (χ2v) is 10.7. The molecule has 4 amide bonds. The zero-order valence-electron chi connectivity index (χ0n) is 25.0. The monoisotopic (exact) mass is 627 g/mol. The number of amides is 4. The van der Waals surface area contributed by atoms with Gasteiger partial charge in [0.05, 0.1) is 12.1 Å². The molecule has 45 heavy (non-hydrogen) atoms. The zero-order chi connectivity index (χ0) is 32.5. The molecule has 2 saturated heterocycles. The van der Waals surface area contributed by atoms with Crippen LogP contribution in [0.1, 0.15) is 49.5 Å². The Bertz CT molecular complexity index is 1440. The standard InChI is InChI=1S/C30H37N5O10/c1-2-44-30(43)34-15-13-33(14-16-34)28(40)21(10-11-26(37)38)32-27(39)22-17-24(19-7-3-4-8-20(19)31-22)45-18-25(36)35-12-6-5-9-23(35)29(41)42/h3-4,7-8,17,21,23H,2,5-6,9-16,18H2,1H3,(H,32,39)(H,37,38)(H,41,42)/t21-,23-/m0/s1. The number of likely N-dealkylation sites (tertiary alicyclic amines) is 1. The zero-order valence-corrected chi connectivity index (χ0v) is 25.0. The quantitative estimate of drug-likeness (QED) is 0.325. The molecule has 2 aromatic rings. The lowest BCUT2D eigenvalue weighted by molar-refractivity contribution is -0.152. The van der Waals surface area contributed by atoms with Gasteiger partial charge in [-0.1, -0.05) is 12.1 Å². The topological polar surface area (TPSA) is 196 Å². The van der Waals surface area contributed by atoms with E-state index in [1.807, 2.05) is 0 Å². The molecule has 0 aliphatic carbocycles. The fraction of sp³-hybridized carbons (Fsp3) is 0.500. The van der Waals surface area contributed by atoms with Crippen LogP contribution in [0.25, 0.3) is 10.9 Å².